The van der Waals surface area contributed by atoms with Gasteiger partial charge in [-0.1, -0.05) is 84.1 Å². The maximum absolute atomic E-state index is 6.16. The Bertz CT molecular complexity index is 1450. The van der Waals surface area contributed by atoms with Crippen molar-refractivity contribution in [2.75, 3.05) is 23.7 Å². The van der Waals surface area contributed by atoms with Crippen LogP contribution in [0, 0.1) is 0 Å². The van der Waals surface area contributed by atoms with Crippen molar-refractivity contribution in [2.45, 2.75) is 31.1 Å². The normalized spacial score (nSPS) is 16.1. The number of pyridine rings is 1. The molecule has 1 aliphatic heterocycles. The van der Waals surface area contributed by atoms with Crippen LogP contribution in [-0.4, -0.2) is 33.5 Å². The van der Waals surface area contributed by atoms with Crippen LogP contribution in [0.15, 0.2) is 91.0 Å². The largest absolute Gasteiger partial charge is 0.384 e. The Kier molecular flexibility index (Phi) is 6.08. The minimum Gasteiger partial charge on any atom is -0.384 e. The van der Waals surface area contributed by atoms with Crippen LogP contribution in [0.2, 0.25) is 0 Å². The molecule has 0 fully saturated rings. The number of aromatic nitrogens is 4. The van der Waals surface area contributed by atoms with E-state index < -0.39 is 0 Å². The summed E-state index contributed by atoms with van der Waals surface area (Å²) in [5.74, 6) is 1.11. The van der Waals surface area contributed by atoms with Crippen molar-refractivity contribution in [3.8, 4) is 0 Å². The number of rotatable bonds is 7. The number of aromatic amines is 1. The molecule has 2 atom stereocenters. The third kappa shape index (κ3) is 4.31. The molecule has 0 aliphatic carbocycles. The molecule has 6 rings (SSSR count). The Labute approximate surface area is 211 Å². The van der Waals surface area contributed by atoms with Crippen molar-refractivity contribution >= 4 is 22.7 Å². The van der Waals surface area contributed by atoms with E-state index in [1.165, 1.54) is 22.4 Å². The number of hydrogen-bond donors (Lipinski definition) is 2. The number of nitrogens with two attached hydrogens (primary N) is 1. The molecule has 36 heavy (non-hydrogen) atoms. The number of nitrogens with zero attached hydrogens (tertiary/aromatic N) is 4. The minimum atomic E-state index is 0.168. The molecule has 3 heterocycles. The molecule has 3 aromatic carbocycles. The van der Waals surface area contributed by atoms with Crippen LogP contribution in [0.25, 0.3) is 11.2 Å². The van der Waals surface area contributed by atoms with E-state index in [1.54, 1.807) is 0 Å². The number of nitrogen functional groups attached to an aromatic ring is 1. The molecule has 1 aliphatic rings. The Morgan fingerprint density at radius 3 is 2.53 bits per heavy atom. The third-order valence-corrected chi connectivity index (χ3v) is 7.39. The first-order valence-electron chi connectivity index (χ1n) is 12.7. The fourth-order valence-corrected chi connectivity index (χ4v) is 5.72. The van der Waals surface area contributed by atoms with E-state index in [0.717, 1.165) is 43.4 Å². The first-order valence-corrected chi connectivity index (χ1v) is 12.7. The van der Waals surface area contributed by atoms with Crippen LogP contribution >= 0.6 is 0 Å². The number of hydrogen-bond acceptors (Lipinski definition) is 5. The highest BCUT2D eigenvalue weighted by molar-refractivity contribution is 5.77. The van der Waals surface area contributed by atoms with Crippen molar-refractivity contribution in [2.24, 2.45) is 0 Å². The van der Waals surface area contributed by atoms with Gasteiger partial charge in [-0.25, -0.2) is 10.1 Å². The number of anilines is 2. The number of benzene rings is 3. The van der Waals surface area contributed by atoms with Crippen LogP contribution in [0.1, 0.15) is 53.4 Å². The summed E-state index contributed by atoms with van der Waals surface area (Å²) in [7, 11) is 0. The van der Waals surface area contributed by atoms with E-state index in [-0.39, 0.29) is 5.92 Å². The summed E-state index contributed by atoms with van der Waals surface area (Å²) in [5, 5.41) is 11.2. The van der Waals surface area contributed by atoms with Gasteiger partial charge in [0.2, 0.25) is 0 Å². The fourth-order valence-electron chi connectivity index (χ4n) is 5.72. The van der Waals surface area contributed by atoms with E-state index in [4.69, 9.17) is 5.73 Å². The minimum absolute atomic E-state index is 0.168. The second kappa shape index (κ2) is 9.82. The average molecular weight is 475 g/mol. The number of fused-ring (bicyclic) bond motifs is 2. The zero-order valence-corrected chi connectivity index (χ0v) is 20.2. The highest BCUT2D eigenvalue weighted by atomic mass is 15.3. The van der Waals surface area contributed by atoms with Gasteiger partial charge in [-0.2, -0.15) is 0 Å². The standard InChI is InChI=1S/C30H30N6/c31-28-20-26(29-30(32-28)34-35-33-29)23(21-10-3-1-4-11-21)15-9-18-36-19-17-24(22-12-5-2-6-13-22)25-14-7-8-16-27(25)36/h1-8,10-14,16,20,23-24H,9,15,17-19H2,(H3,31,32,33,34,35). The monoisotopic (exact) mass is 474 g/mol. The molecule has 2 unspecified atom stereocenters. The van der Waals surface area contributed by atoms with Crippen molar-refractivity contribution in [3.63, 3.8) is 0 Å². The van der Waals surface area contributed by atoms with Gasteiger partial charge in [-0.3, -0.25) is 0 Å². The van der Waals surface area contributed by atoms with E-state index >= 15 is 0 Å². The molecule has 0 radical (unpaired) electrons. The Balaban J connectivity index is 1.25. The summed E-state index contributed by atoms with van der Waals surface area (Å²) >= 11 is 0. The molecule has 0 amide bonds. The van der Waals surface area contributed by atoms with E-state index in [9.17, 15) is 0 Å². The predicted octanol–water partition coefficient (Wildman–Crippen LogP) is 5.89. The van der Waals surface area contributed by atoms with Gasteiger partial charge in [0.1, 0.15) is 11.3 Å². The second-order valence-electron chi connectivity index (χ2n) is 9.55. The van der Waals surface area contributed by atoms with Crippen molar-refractivity contribution < 1.29 is 0 Å². The van der Waals surface area contributed by atoms with E-state index in [2.05, 4.69) is 110 Å². The highest BCUT2D eigenvalue weighted by Gasteiger charge is 2.26. The first-order chi connectivity index (χ1) is 17.8. The van der Waals surface area contributed by atoms with Crippen LogP contribution in [0.5, 0.6) is 0 Å². The fraction of sp³-hybridized carbons (Fsp3) is 0.233. The molecular weight excluding hydrogens is 444 g/mol. The summed E-state index contributed by atoms with van der Waals surface area (Å²) in [6.07, 6.45) is 3.16. The summed E-state index contributed by atoms with van der Waals surface area (Å²) in [4.78, 5) is 6.93. The Morgan fingerprint density at radius 1 is 0.944 bits per heavy atom. The van der Waals surface area contributed by atoms with Crippen molar-refractivity contribution in [1.82, 2.24) is 20.4 Å². The van der Waals surface area contributed by atoms with Gasteiger partial charge in [-0.05, 0) is 53.6 Å². The SMILES string of the molecule is Nc1cc(C(CCCN2CCC(c3ccccc3)c3ccccc32)c2ccccc2)c2nn[nH]c2n1. The summed E-state index contributed by atoms with van der Waals surface area (Å²) < 4.78 is 0. The number of H-pyrrole nitrogens is 1. The summed E-state index contributed by atoms with van der Waals surface area (Å²) in [6, 6.07) is 32.4. The molecule has 0 saturated heterocycles. The lowest BCUT2D eigenvalue weighted by Crippen LogP contribution is -2.32. The lowest BCUT2D eigenvalue weighted by atomic mass is 9.84. The number of para-hydroxylation sites is 1. The van der Waals surface area contributed by atoms with E-state index in [1.807, 2.05) is 6.07 Å². The molecule has 6 nitrogen and oxygen atoms in total. The molecule has 0 saturated carbocycles. The summed E-state index contributed by atoms with van der Waals surface area (Å²) in [6.45, 7) is 2.06. The van der Waals surface area contributed by atoms with Crippen molar-refractivity contribution in [3.05, 3.63) is 113 Å². The van der Waals surface area contributed by atoms with Crippen molar-refractivity contribution in [1.29, 1.82) is 0 Å². The Morgan fingerprint density at radius 2 is 1.69 bits per heavy atom. The Hall–Kier alpha value is -4.19. The van der Waals surface area contributed by atoms with Crippen LogP contribution < -0.4 is 10.6 Å². The lowest BCUT2D eigenvalue weighted by molar-refractivity contribution is 0.592. The van der Waals surface area contributed by atoms with E-state index in [0.29, 0.717) is 17.4 Å². The van der Waals surface area contributed by atoms with Gasteiger partial charge in [0.25, 0.3) is 0 Å². The third-order valence-electron chi connectivity index (χ3n) is 7.39. The van der Waals surface area contributed by atoms with Gasteiger partial charge < -0.3 is 10.6 Å². The first kappa shape index (κ1) is 22.3. The van der Waals surface area contributed by atoms with Crippen LogP contribution in [0.4, 0.5) is 11.5 Å². The maximum Gasteiger partial charge on any atom is 0.178 e. The predicted molar refractivity (Wildman–Crippen MR) is 145 cm³/mol. The second-order valence-corrected chi connectivity index (χ2v) is 9.55. The summed E-state index contributed by atoms with van der Waals surface area (Å²) in [5.41, 5.74) is 14.1. The highest BCUT2D eigenvalue weighted by Crippen LogP contribution is 2.40. The van der Waals surface area contributed by atoms with Gasteiger partial charge in [-0.15, -0.1) is 5.10 Å². The average Bonchev–Trinajstić information content (AvgIpc) is 3.40. The smallest absolute Gasteiger partial charge is 0.178 e. The molecule has 6 heteroatoms. The molecule has 2 aromatic heterocycles. The molecule has 0 bridgehead atoms. The topological polar surface area (TPSA) is 83.7 Å². The molecular formula is C30H30N6. The zero-order valence-electron chi connectivity index (χ0n) is 20.2. The van der Waals surface area contributed by atoms with Gasteiger partial charge >= 0.3 is 0 Å². The van der Waals surface area contributed by atoms with Gasteiger partial charge in [0.05, 0.1) is 0 Å². The number of nitrogens with one attached hydrogen (secondary N) is 1. The molecule has 180 valence electrons. The van der Waals surface area contributed by atoms with Gasteiger partial charge in [0.15, 0.2) is 5.65 Å². The van der Waals surface area contributed by atoms with Gasteiger partial charge in [0, 0.05) is 30.6 Å². The zero-order chi connectivity index (χ0) is 24.3. The molecule has 0 spiro atoms. The van der Waals surface area contributed by atoms with Crippen LogP contribution in [-0.2, 0) is 0 Å². The van der Waals surface area contributed by atoms with Crippen LogP contribution in [0.3, 0.4) is 0 Å². The maximum atomic E-state index is 6.16. The lowest BCUT2D eigenvalue weighted by Gasteiger charge is -2.36. The molecule has 3 N–H and O–H groups in total. The quantitative estimate of drug-likeness (QED) is 0.307. The molecule has 5 aromatic rings.